The molecule has 162 valence electrons. The summed E-state index contributed by atoms with van der Waals surface area (Å²) in [6.07, 6.45) is 3.75. The first-order chi connectivity index (χ1) is 14.9. The van der Waals surface area contributed by atoms with Crippen molar-refractivity contribution in [3.8, 4) is 0 Å². The maximum Gasteiger partial charge on any atom is 0.251 e. The molecular formula is C24H28ClN5O. The van der Waals surface area contributed by atoms with Crippen molar-refractivity contribution in [3.05, 3.63) is 58.6 Å². The Labute approximate surface area is 188 Å². The number of carbonyl (C=O) groups is 1. The van der Waals surface area contributed by atoms with Crippen molar-refractivity contribution in [2.24, 2.45) is 0 Å². The van der Waals surface area contributed by atoms with Gasteiger partial charge in [-0.2, -0.15) is 4.98 Å². The summed E-state index contributed by atoms with van der Waals surface area (Å²) < 4.78 is 0. The van der Waals surface area contributed by atoms with Gasteiger partial charge >= 0.3 is 0 Å². The van der Waals surface area contributed by atoms with E-state index in [0.29, 0.717) is 22.6 Å². The van der Waals surface area contributed by atoms with Gasteiger partial charge in [0, 0.05) is 42.2 Å². The van der Waals surface area contributed by atoms with Crippen molar-refractivity contribution in [1.82, 2.24) is 15.3 Å². The highest BCUT2D eigenvalue weighted by molar-refractivity contribution is 6.30. The van der Waals surface area contributed by atoms with Crippen LogP contribution in [0.3, 0.4) is 0 Å². The number of carbonyl (C=O) groups excluding carboxylic acids is 1. The maximum absolute atomic E-state index is 12.6. The summed E-state index contributed by atoms with van der Waals surface area (Å²) in [4.78, 5) is 24.1. The summed E-state index contributed by atoms with van der Waals surface area (Å²) in [5, 5.41) is 8.38. The summed E-state index contributed by atoms with van der Waals surface area (Å²) in [7, 11) is 3.99. The third kappa shape index (κ3) is 4.90. The summed E-state index contributed by atoms with van der Waals surface area (Å²) in [6, 6.07) is 13.9. The van der Waals surface area contributed by atoms with Crippen LogP contribution in [0.25, 0.3) is 10.9 Å². The predicted molar refractivity (Wildman–Crippen MR) is 127 cm³/mol. The van der Waals surface area contributed by atoms with E-state index in [1.54, 1.807) is 12.1 Å². The quantitative estimate of drug-likeness (QED) is 0.599. The molecule has 1 heterocycles. The number of para-hydroxylation sites is 1. The maximum atomic E-state index is 12.6. The highest BCUT2D eigenvalue weighted by Gasteiger charge is 2.24. The molecular weight excluding hydrogens is 410 g/mol. The Bertz CT molecular complexity index is 1090. The summed E-state index contributed by atoms with van der Waals surface area (Å²) in [5.74, 6) is 1.54. The van der Waals surface area contributed by atoms with Gasteiger partial charge in [0.1, 0.15) is 5.82 Å². The van der Waals surface area contributed by atoms with Gasteiger partial charge in [0.25, 0.3) is 5.91 Å². The Balaban J connectivity index is 1.38. The van der Waals surface area contributed by atoms with Crippen molar-refractivity contribution in [2.45, 2.75) is 44.7 Å². The van der Waals surface area contributed by atoms with E-state index < -0.39 is 0 Å². The summed E-state index contributed by atoms with van der Waals surface area (Å²) >= 11 is 6.00. The van der Waals surface area contributed by atoms with Gasteiger partial charge in [-0.1, -0.05) is 23.7 Å². The van der Waals surface area contributed by atoms with Crippen LogP contribution < -0.4 is 15.5 Å². The number of halogens is 1. The molecule has 1 aliphatic rings. The van der Waals surface area contributed by atoms with Gasteiger partial charge in [0.05, 0.1) is 5.52 Å². The van der Waals surface area contributed by atoms with Gasteiger partial charge in [0.2, 0.25) is 5.95 Å². The lowest BCUT2D eigenvalue weighted by Gasteiger charge is -2.30. The van der Waals surface area contributed by atoms with Crippen LogP contribution >= 0.6 is 11.6 Å². The average Bonchev–Trinajstić information content (AvgIpc) is 2.74. The van der Waals surface area contributed by atoms with E-state index in [1.807, 2.05) is 56.3 Å². The van der Waals surface area contributed by atoms with Gasteiger partial charge in [-0.25, -0.2) is 4.98 Å². The Hall–Kier alpha value is -2.86. The zero-order chi connectivity index (χ0) is 22.0. The Morgan fingerprint density at radius 2 is 1.74 bits per heavy atom. The number of anilines is 2. The van der Waals surface area contributed by atoms with E-state index in [4.69, 9.17) is 21.6 Å². The number of nitrogens with one attached hydrogen (secondary N) is 2. The average molecular weight is 438 g/mol. The fourth-order valence-corrected chi connectivity index (χ4v) is 4.40. The minimum absolute atomic E-state index is 0.0286. The number of hydrogen-bond acceptors (Lipinski definition) is 5. The predicted octanol–water partition coefficient (Wildman–Crippen LogP) is 4.81. The van der Waals surface area contributed by atoms with Crippen LogP contribution in [0.2, 0.25) is 5.02 Å². The smallest absolute Gasteiger partial charge is 0.251 e. The summed E-state index contributed by atoms with van der Waals surface area (Å²) in [6.45, 7) is 1.91. The SMILES string of the molecule is Cc1cc(Cl)ccc1C(=O)N[C@H]1CC[C@@H](Nc2nc(N(C)C)c3ccccc3n2)CC1. The molecule has 1 fully saturated rings. The topological polar surface area (TPSA) is 70.2 Å². The lowest BCUT2D eigenvalue weighted by Crippen LogP contribution is -2.40. The second kappa shape index (κ2) is 9.10. The van der Waals surface area contributed by atoms with Crippen LogP contribution in [0, 0.1) is 6.92 Å². The normalized spacial score (nSPS) is 18.6. The molecule has 0 saturated heterocycles. The molecule has 3 aromatic rings. The Morgan fingerprint density at radius 3 is 2.45 bits per heavy atom. The number of hydrogen-bond donors (Lipinski definition) is 2. The zero-order valence-electron chi connectivity index (χ0n) is 18.2. The second-order valence-corrected chi connectivity index (χ2v) is 8.84. The number of aromatic nitrogens is 2. The molecule has 1 amide bonds. The lowest BCUT2D eigenvalue weighted by molar-refractivity contribution is 0.0926. The fourth-order valence-electron chi connectivity index (χ4n) is 4.17. The lowest BCUT2D eigenvalue weighted by atomic mass is 9.91. The van der Waals surface area contributed by atoms with E-state index in [2.05, 4.69) is 10.6 Å². The molecule has 1 saturated carbocycles. The largest absolute Gasteiger partial charge is 0.362 e. The van der Waals surface area contributed by atoms with Crippen molar-refractivity contribution >= 4 is 40.2 Å². The molecule has 4 rings (SSSR count). The molecule has 1 aliphatic carbocycles. The van der Waals surface area contributed by atoms with Gasteiger partial charge in [-0.05, 0) is 68.5 Å². The third-order valence-corrected chi connectivity index (χ3v) is 6.07. The summed E-state index contributed by atoms with van der Waals surface area (Å²) in [5.41, 5.74) is 2.51. The number of aryl methyl sites for hydroxylation is 1. The molecule has 0 unspecified atom stereocenters. The van der Waals surface area contributed by atoms with E-state index in [1.165, 1.54) is 0 Å². The van der Waals surface area contributed by atoms with Gasteiger partial charge in [0.15, 0.2) is 0 Å². The first-order valence-electron chi connectivity index (χ1n) is 10.7. The standard InChI is InChI=1S/C24H28ClN5O/c1-15-14-16(25)8-13-19(15)23(31)26-17-9-11-18(12-10-17)27-24-28-21-7-5-4-6-20(21)22(29-24)30(2)3/h4-8,13-14,17-18H,9-12H2,1-3H3,(H,26,31)(H,27,28,29)/t17-,18+. The number of benzene rings is 2. The van der Waals surface area contributed by atoms with Crippen molar-refractivity contribution in [3.63, 3.8) is 0 Å². The van der Waals surface area contributed by atoms with Crippen LogP contribution in [0.1, 0.15) is 41.6 Å². The van der Waals surface area contributed by atoms with Gasteiger partial charge in [-0.3, -0.25) is 4.79 Å². The number of fused-ring (bicyclic) bond motifs is 1. The number of rotatable bonds is 5. The van der Waals surface area contributed by atoms with Gasteiger partial charge in [-0.15, -0.1) is 0 Å². The van der Waals surface area contributed by atoms with E-state index >= 15 is 0 Å². The monoisotopic (exact) mass is 437 g/mol. The molecule has 2 aromatic carbocycles. The van der Waals surface area contributed by atoms with E-state index in [0.717, 1.165) is 48.0 Å². The molecule has 2 N–H and O–H groups in total. The number of nitrogens with zero attached hydrogens (tertiary/aromatic N) is 3. The molecule has 7 heteroatoms. The molecule has 0 bridgehead atoms. The first kappa shape index (κ1) is 21.4. The molecule has 0 spiro atoms. The van der Waals surface area contributed by atoms with Crippen LogP contribution in [-0.2, 0) is 0 Å². The zero-order valence-corrected chi connectivity index (χ0v) is 18.9. The van der Waals surface area contributed by atoms with Crippen molar-refractivity contribution in [2.75, 3.05) is 24.3 Å². The van der Waals surface area contributed by atoms with Crippen LogP contribution in [0.4, 0.5) is 11.8 Å². The molecule has 6 nitrogen and oxygen atoms in total. The molecule has 0 aliphatic heterocycles. The van der Waals surface area contributed by atoms with Crippen LogP contribution in [0.15, 0.2) is 42.5 Å². The highest BCUT2D eigenvalue weighted by Crippen LogP contribution is 2.26. The number of amides is 1. The molecule has 0 radical (unpaired) electrons. The second-order valence-electron chi connectivity index (χ2n) is 8.41. The minimum atomic E-state index is -0.0286. The van der Waals surface area contributed by atoms with Crippen molar-refractivity contribution < 1.29 is 4.79 Å². The molecule has 31 heavy (non-hydrogen) atoms. The first-order valence-corrected chi connectivity index (χ1v) is 11.1. The minimum Gasteiger partial charge on any atom is -0.362 e. The van der Waals surface area contributed by atoms with Gasteiger partial charge < -0.3 is 15.5 Å². The van der Waals surface area contributed by atoms with E-state index in [9.17, 15) is 4.79 Å². The van der Waals surface area contributed by atoms with Crippen LogP contribution in [0.5, 0.6) is 0 Å². The third-order valence-electron chi connectivity index (χ3n) is 5.84. The van der Waals surface area contributed by atoms with Crippen LogP contribution in [-0.4, -0.2) is 42.1 Å². The van der Waals surface area contributed by atoms with E-state index in [-0.39, 0.29) is 11.9 Å². The Morgan fingerprint density at radius 1 is 1.03 bits per heavy atom. The molecule has 0 atom stereocenters. The Kier molecular flexibility index (Phi) is 6.28. The fraction of sp³-hybridized carbons (Fsp3) is 0.375. The molecule has 1 aromatic heterocycles. The van der Waals surface area contributed by atoms with Crippen molar-refractivity contribution in [1.29, 1.82) is 0 Å². The highest BCUT2D eigenvalue weighted by atomic mass is 35.5.